The Bertz CT molecular complexity index is 309. The second-order valence-corrected chi connectivity index (χ2v) is 3.74. The van der Waals surface area contributed by atoms with E-state index < -0.39 is 0 Å². The van der Waals surface area contributed by atoms with Crippen molar-refractivity contribution in [3.05, 3.63) is 28.5 Å². The Morgan fingerprint density at radius 2 is 2.07 bits per heavy atom. The van der Waals surface area contributed by atoms with Gasteiger partial charge >= 0.3 is 0 Å². The van der Waals surface area contributed by atoms with Crippen LogP contribution in [0.15, 0.2) is 22.7 Å². The summed E-state index contributed by atoms with van der Waals surface area (Å²) in [5.41, 5.74) is 5.23. The van der Waals surface area contributed by atoms with Crippen LogP contribution in [0.3, 0.4) is 0 Å². The third-order valence-electron chi connectivity index (χ3n) is 1.64. The SMILES string of the molecule is NCCOCCOc1ccc(Br)cc1F. The summed E-state index contributed by atoms with van der Waals surface area (Å²) in [6.45, 7) is 1.70. The molecule has 0 aliphatic carbocycles. The molecule has 0 amide bonds. The Morgan fingerprint density at radius 1 is 1.27 bits per heavy atom. The maximum absolute atomic E-state index is 13.2. The summed E-state index contributed by atoms with van der Waals surface area (Å²) in [5, 5.41) is 0. The van der Waals surface area contributed by atoms with Crippen LogP contribution in [0.4, 0.5) is 4.39 Å². The normalized spacial score (nSPS) is 10.3. The highest BCUT2D eigenvalue weighted by molar-refractivity contribution is 9.10. The van der Waals surface area contributed by atoms with Crippen molar-refractivity contribution in [3.63, 3.8) is 0 Å². The average molecular weight is 278 g/mol. The van der Waals surface area contributed by atoms with Crippen molar-refractivity contribution in [1.29, 1.82) is 0 Å². The van der Waals surface area contributed by atoms with Crippen LogP contribution in [-0.4, -0.2) is 26.4 Å². The minimum Gasteiger partial charge on any atom is -0.488 e. The van der Waals surface area contributed by atoms with Crippen molar-refractivity contribution in [1.82, 2.24) is 0 Å². The molecular weight excluding hydrogens is 265 g/mol. The highest BCUT2D eigenvalue weighted by Gasteiger charge is 2.02. The van der Waals surface area contributed by atoms with Crippen LogP contribution in [0, 0.1) is 5.82 Å². The minimum atomic E-state index is -0.386. The summed E-state index contributed by atoms with van der Waals surface area (Å²) in [7, 11) is 0. The summed E-state index contributed by atoms with van der Waals surface area (Å²) < 4.78 is 24.2. The predicted octanol–water partition coefficient (Wildman–Crippen LogP) is 1.94. The van der Waals surface area contributed by atoms with E-state index in [1.54, 1.807) is 12.1 Å². The van der Waals surface area contributed by atoms with Crippen LogP contribution >= 0.6 is 15.9 Å². The molecular formula is C10H13BrFNO2. The monoisotopic (exact) mass is 277 g/mol. The predicted molar refractivity (Wildman–Crippen MR) is 59.5 cm³/mol. The zero-order chi connectivity index (χ0) is 11.1. The first kappa shape index (κ1) is 12.4. The molecule has 0 bridgehead atoms. The van der Waals surface area contributed by atoms with Crippen LogP contribution in [-0.2, 0) is 4.74 Å². The van der Waals surface area contributed by atoms with Gasteiger partial charge in [-0.1, -0.05) is 15.9 Å². The lowest BCUT2D eigenvalue weighted by Gasteiger charge is -2.07. The van der Waals surface area contributed by atoms with Crippen LogP contribution in [0.2, 0.25) is 0 Å². The van der Waals surface area contributed by atoms with Crippen molar-refractivity contribution >= 4 is 15.9 Å². The molecule has 0 fully saturated rings. The van der Waals surface area contributed by atoms with Gasteiger partial charge in [0.2, 0.25) is 0 Å². The fraction of sp³-hybridized carbons (Fsp3) is 0.400. The van der Waals surface area contributed by atoms with Gasteiger partial charge in [-0.3, -0.25) is 0 Å². The number of rotatable bonds is 6. The van der Waals surface area contributed by atoms with Crippen molar-refractivity contribution in [2.24, 2.45) is 5.73 Å². The number of hydrogen-bond acceptors (Lipinski definition) is 3. The van der Waals surface area contributed by atoms with Gasteiger partial charge in [0.05, 0.1) is 13.2 Å². The zero-order valence-electron chi connectivity index (χ0n) is 8.21. The van der Waals surface area contributed by atoms with Crippen molar-refractivity contribution in [2.75, 3.05) is 26.4 Å². The number of nitrogens with two attached hydrogens (primary N) is 1. The van der Waals surface area contributed by atoms with Crippen molar-refractivity contribution in [2.45, 2.75) is 0 Å². The Labute approximate surface area is 96.5 Å². The van der Waals surface area contributed by atoms with Gasteiger partial charge in [-0.2, -0.15) is 0 Å². The molecule has 3 nitrogen and oxygen atoms in total. The van der Waals surface area contributed by atoms with Gasteiger partial charge in [-0.25, -0.2) is 4.39 Å². The van der Waals surface area contributed by atoms with E-state index in [1.807, 2.05) is 0 Å². The number of ether oxygens (including phenoxy) is 2. The number of halogens is 2. The standard InChI is InChI=1S/C10H13BrFNO2/c11-8-1-2-10(9(12)7-8)15-6-5-14-4-3-13/h1-2,7H,3-6,13H2. The quantitative estimate of drug-likeness (QED) is 0.809. The Kier molecular flexibility index (Phi) is 5.60. The maximum atomic E-state index is 13.2. The van der Waals surface area contributed by atoms with Crippen molar-refractivity contribution < 1.29 is 13.9 Å². The van der Waals surface area contributed by atoms with E-state index in [9.17, 15) is 4.39 Å². The summed E-state index contributed by atoms with van der Waals surface area (Å²) in [4.78, 5) is 0. The van der Waals surface area contributed by atoms with Gasteiger partial charge in [0.25, 0.3) is 0 Å². The highest BCUT2D eigenvalue weighted by atomic mass is 79.9. The van der Waals surface area contributed by atoms with E-state index in [-0.39, 0.29) is 11.6 Å². The molecule has 1 aromatic carbocycles. The molecule has 0 atom stereocenters. The minimum absolute atomic E-state index is 0.231. The van der Waals surface area contributed by atoms with E-state index >= 15 is 0 Å². The van der Waals surface area contributed by atoms with Crippen molar-refractivity contribution in [3.8, 4) is 5.75 Å². The summed E-state index contributed by atoms with van der Waals surface area (Å²) in [6.07, 6.45) is 0. The first-order chi connectivity index (χ1) is 7.24. The van der Waals surface area contributed by atoms with Gasteiger partial charge in [-0.15, -0.1) is 0 Å². The molecule has 0 saturated heterocycles. The lowest BCUT2D eigenvalue weighted by molar-refractivity contribution is 0.104. The summed E-state index contributed by atoms with van der Waals surface area (Å²) in [6, 6.07) is 4.65. The molecule has 2 N–H and O–H groups in total. The van der Waals surface area contributed by atoms with Gasteiger partial charge in [0.15, 0.2) is 11.6 Å². The lowest BCUT2D eigenvalue weighted by Crippen LogP contribution is -2.13. The van der Waals surface area contributed by atoms with Gasteiger partial charge in [0, 0.05) is 11.0 Å². The van der Waals surface area contributed by atoms with Crippen LogP contribution in [0.25, 0.3) is 0 Å². The molecule has 0 saturated carbocycles. The molecule has 0 aliphatic rings. The average Bonchev–Trinajstić information content (AvgIpc) is 2.20. The zero-order valence-corrected chi connectivity index (χ0v) is 9.80. The molecule has 0 heterocycles. The molecule has 0 unspecified atom stereocenters. The molecule has 0 spiro atoms. The number of hydrogen-bond donors (Lipinski definition) is 1. The summed E-state index contributed by atoms with van der Waals surface area (Å²) >= 11 is 3.16. The summed E-state index contributed by atoms with van der Waals surface area (Å²) in [5.74, 6) is -0.155. The van der Waals surface area contributed by atoms with E-state index in [2.05, 4.69) is 15.9 Å². The third-order valence-corrected chi connectivity index (χ3v) is 2.13. The molecule has 0 aromatic heterocycles. The molecule has 1 rings (SSSR count). The molecule has 84 valence electrons. The molecule has 5 heteroatoms. The Balaban J connectivity index is 2.31. The van der Waals surface area contributed by atoms with Gasteiger partial charge < -0.3 is 15.2 Å². The van der Waals surface area contributed by atoms with E-state index in [1.165, 1.54) is 6.07 Å². The molecule has 15 heavy (non-hydrogen) atoms. The fourth-order valence-electron chi connectivity index (χ4n) is 0.988. The molecule has 0 radical (unpaired) electrons. The smallest absolute Gasteiger partial charge is 0.166 e. The number of benzene rings is 1. The second kappa shape index (κ2) is 6.76. The van der Waals surface area contributed by atoms with Gasteiger partial charge in [0.1, 0.15) is 6.61 Å². The Hall–Kier alpha value is -0.650. The second-order valence-electron chi connectivity index (χ2n) is 2.82. The largest absolute Gasteiger partial charge is 0.488 e. The molecule has 0 aliphatic heterocycles. The van der Waals surface area contributed by atoms with Gasteiger partial charge in [-0.05, 0) is 18.2 Å². The van der Waals surface area contributed by atoms with E-state index in [0.717, 1.165) is 0 Å². The van der Waals surface area contributed by atoms with Crippen LogP contribution < -0.4 is 10.5 Å². The van der Waals surface area contributed by atoms with Crippen LogP contribution in [0.1, 0.15) is 0 Å². The first-order valence-electron chi connectivity index (χ1n) is 4.59. The molecule has 1 aromatic rings. The fourth-order valence-corrected chi connectivity index (χ4v) is 1.32. The van der Waals surface area contributed by atoms with E-state index in [0.29, 0.717) is 30.8 Å². The van der Waals surface area contributed by atoms with Crippen LogP contribution in [0.5, 0.6) is 5.75 Å². The topological polar surface area (TPSA) is 44.5 Å². The lowest BCUT2D eigenvalue weighted by atomic mass is 10.3. The third kappa shape index (κ3) is 4.59. The first-order valence-corrected chi connectivity index (χ1v) is 5.39. The van der Waals surface area contributed by atoms with E-state index in [4.69, 9.17) is 15.2 Å². The Morgan fingerprint density at radius 3 is 2.73 bits per heavy atom. The maximum Gasteiger partial charge on any atom is 0.166 e. The highest BCUT2D eigenvalue weighted by Crippen LogP contribution is 2.21.